The van der Waals surface area contributed by atoms with E-state index >= 15 is 0 Å². The highest BCUT2D eigenvalue weighted by Gasteiger charge is 2.16. The number of hydrogen-bond acceptors (Lipinski definition) is 8. The average molecular weight is 373 g/mol. The molecule has 0 radical (unpaired) electrons. The van der Waals surface area contributed by atoms with Crippen LogP contribution in [0.3, 0.4) is 0 Å². The van der Waals surface area contributed by atoms with Crippen molar-refractivity contribution in [1.82, 2.24) is 25.1 Å². The van der Waals surface area contributed by atoms with Gasteiger partial charge in [0, 0.05) is 17.1 Å². The molecule has 0 fully saturated rings. The molecular formula is C15H15N7O3S. The van der Waals surface area contributed by atoms with Gasteiger partial charge in [-0.2, -0.15) is 10.1 Å². The van der Waals surface area contributed by atoms with E-state index in [4.69, 9.17) is 0 Å². The van der Waals surface area contributed by atoms with Crippen LogP contribution in [0.15, 0.2) is 46.2 Å². The van der Waals surface area contributed by atoms with Gasteiger partial charge < -0.3 is 5.32 Å². The zero-order valence-electron chi connectivity index (χ0n) is 13.9. The summed E-state index contributed by atoms with van der Waals surface area (Å²) in [4.78, 5) is 23.0. The van der Waals surface area contributed by atoms with Crippen LogP contribution in [0.25, 0.3) is 0 Å². The van der Waals surface area contributed by atoms with E-state index < -0.39 is 15.7 Å². The van der Waals surface area contributed by atoms with Crippen LogP contribution in [0.4, 0.5) is 17.5 Å². The lowest BCUT2D eigenvalue weighted by atomic mass is 10.3. The maximum Gasteiger partial charge on any atom is 0.363 e. The second kappa shape index (κ2) is 6.88. The number of aryl methyl sites for hydroxylation is 2. The van der Waals surface area contributed by atoms with E-state index in [1.807, 2.05) is 0 Å². The Morgan fingerprint density at radius 1 is 1.00 bits per heavy atom. The van der Waals surface area contributed by atoms with Gasteiger partial charge in [0.25, 0.3) is 10.0 Å². The summed E-state index contributed by atoms with van der Waals surface area (Å²) in [6, 6.07) is 7.65. The molecule has 0 saturated carbocycles. The molecular weight excluding hydrogens is 358 g/mol. The fourth-order valence-corrected chi connectivity index (χ4v) is 3.13. The molecule has 0 saturated heterocycles. The van der Waals surface area contributed by atoms with Gasteiger partial charge in [0.15, 0.2) is 5.82 Å². The van der Waals surface area contributed by atoms with E-state index in [2.05, 4.69) is 35.2 Å². The minimum Gasteiger partial charge on any atom is -0.339 e. The van der Waals surface area contributed by atoms with Crippen LogP contribution in [-0.2, 0) is 10.0 Å². The van der Waals surface area contributed by atoms with Gasteiger partial charge in [-0.05, 0) is 44.2 Å². The van der Waals surface area contributed by atoms with Crippen LogP contribution in [0, 0.1) is 13.8 Å². The van der Waals surface area contributed by atoms with Crippen LogP contribution in [0.1, 0.15) is 11.4 Å². The molecule has 0 spiro atoms. The molecule has 0 unspecified atom stereocenters. The minimum absolute atomic E-state index is 0.0171. The zero-order valence-corrected chi connectivity index (χ0v) is 14.7. The smallest absolute Gasteiger partial charge is 0.339 e. The van der Waals surface area contributed by atoms with E-state index in [1.54, 1.807) is 32.0 Å². The molecule has 0 aliphatic carbocycles. The highest BCUT2D eigenvalue weighted by Crippen LogP contribution is 2.18. The van der Waals surface area contributed by atoms with Crippen molar-refractivity contribution in [2.24, 2.45) is 0 Å². The van der Waals surface area contributed by atoms with Gasteiger partial charge in [-0.15, -0.1) is 0 Å². The molecule has 11 heteroatoms. The second-order valence-corrected chi connectivity index (χ2v) is 7.08. The first-order valence-electron chi connectivity index (χ1n) is 7.46. The molecule has 3 aromatic rings. The van der Waals surface area contributed by atoms with Crippen LogP contribution >= 0.6 is 0 Å². The molecule has 26 heavy (non-hydrogen) atoms. The number of rotatable bonds is 5. The number of hydrogen-bond donors (Lipinski definition) is 3. The van der Waals surface area contributed by atoms with Gasteiger partial charge in [0.1, 0.15) is 0 Å². The third-order valence-corrected chi connectivity index (χ3v) is 4.56. The van der Waals surface area contributed by atoms with E-state index in [0.717, 1.165) is 0 Å². The number of aromatic nitrogens is 5. The van der Waals surface area contributed by atoms with Crippen molar-refractivity contribution in [2.45, 2.75) is 18.7 Å². The number of benzene rings is 1. The summed E-state index contributed by atoms with van der Waals surface area (Å²) in [6.07, 6.45) is 1.34. The van der Waals surface area contributed by atoms with Crippen molar-refractivity contribution < 1.29 is 8.42 Å². The Hall–Kier alpha value is -3.34. The SMILES string of the molecule is Cc1cc(C)nc(NS(=O)(=O)c2ccc(Nc3cn[nH]c(=O)n3)cc2)n1. The Labute approximate surface area is 148 Å². The highest BCUT2D eigenvalue weighted by atomic mass is 32.2. The number of aromatic amines is 1. The zero-order chi connectivity index (χ0) is 18.7. The van der Waals surface area contributed by atoms with E-state index in [9.17, 15) is 13.2 Å². The normalized spacial score (nSPS) is 11.2. The highest BCUT2D eigenvalue weighted by molar-refractivity contribution is 7.92. The Kier molecular flexibility index (Phi) is 4.63. The van der Waals surface area contributed by atoms with Crippen molar-refractivity contribution in [3.8, 4) is 0 Å². The standard InChI is InChI=1S/C15H15N7O3S/c1-9-7-10(2)18-14(17-9)22-26(24,25)12-5-3-11(4-6-12)19-13-8-16-21-15(23)20-13/h3-8H,1-2H3,(H,17,18,22)(H2,19,20,21,23). The molecule has 0 aliphatic rings. The lowest BCUT2D eigenvalue weighted by Gasteiger charge is -2.09. The van der Waals surface area contributed by atoms with Gasteiger partial charge in [0.05, 0.1) is 11.1 Å². The third kappa shape index (κ3) is 4.19. The number of anilines is 3. The predicted molar refractivity (Wildman–Crippen MR) is 94.7 cm³/mol. The Balaban J connectivity index is 1.79. The Morgan fingerprint density at radius 2 is 1.65 bits per heavy atom. The molecule has 134 valence electrons. The molecule has 1 aromatic carbocycles. The summed E-state index contributed by atoms with van der Waals surface area (Å²) in [7, 11) is -3.83. The lowest BCUT2D eigenvalue weighted by molar-refractivity contribution is 0.601. The number of nitrogens with one attached hydrogen (secondary N) is 3. The molecule has 10 nitrogen and oxygen atoms in total. The van der Waals surface area contributed by atoms with Gasteiger partial charge in [-0.25, -0.2) is 33.0 Å². The molecule has 0 bridgehead atoms. The van der Waals surface area contributed by atoms with Crippen molar-refractivity contribution in [1.29, 1.82) is 0 Å². The monoisotopic (exact) mass is 373 g/mol. The molecule has 2 heterocycles. The summed E-state index contributed by atoms with van der Waals surface area (Å²) < 4.78 is 27.3. The van der Waals surface area contributed by atoms with Gasteiger partial charge >= 0.3 is 5.69 Å². The molecule has 2 aromatic heterocycles. The summed E-state index contributed by atoms with van der Waals surface area (Å²) >= 11 is 0. The number of nitrogens with zero attached hydrogens (tertiary/aromatic N) is 4. The molecule has 3 rings (SSSR count). The first-order chi connectivity index (χ1) is 12.3. The summed E-state index contributed by atoms with van der Waals surface area (Å²) in [5, 5.41) is 8.63. The topological polar surface area (TPSA) is 143 Å². The average Bonchev–Trinajstić information content (AvgIpc) is 2.54. The lowest BCUT2D eigenvalue weighted by Crippen LogP contribution is -2.16. The predicted octanol–water partition coefficient (Wildman–Crippen LogP) is 1.12. The van der Waals surface area contributed by atoms with E-state index in [1.165, 1.54) is 18.3 Å². The largest absolute Gasteiger partial charge is 0.363 e. The van der Waals surface area contributed by atoms with Crippen LogP contribution < -0.4 is 15.7 Å². The first kappa shape index (κ1) is 17.5. The fraction of sp³-hybridized carbons (Fsp3) is 0.133. The van der Waals surface area contributed by atoms with Crippen LogP contribution in [0.2, 0.25) is 0 Å². The van der Waals surface area contributed by atoms with Gasteiger partial charge in [-0.3, -0.25) is 0 Å². The third-order valence-electron chi connectivity index (χ3n) is 3.21. The van der Waals surface area contributed by atoms with Crippen LogP contribution in [0.5, 0.6) is 0 Å². The van der Waals surface area contributed by atoms with Crippen LogP contribution in [-0.4, -0.2) is 33.6 Å². The minimum atomic E-state index is -3.83. The Morgan fingerprint density at radius 3 is 2.27 bits per heavy atom. The second-order valence-electron chi connectivity index (χ2n) is 5.40. The van der Waals surface area contributed by atoms with Crippen molar-refractivity contribution >= 4 is 27.5 Å². The summed E-state index contributed by atoms with van der Waals surface area (Å²) in [5.41, 5.74) is 1.28. The molecule has 0 amide bonds. The quantitative estimate of drug-likeness (QED) is 0.604. The van der Waals surface area contributed by atoms with Crippen molar-refractivity contribution in [2.75, 3.05) is 10.0 Å². The molecule has 0 atom stereocenters. The number of H-pyrrole nitrogens is 1. The summed E-state index contributed by atoms with van der Waals surface area (Å²) in [5.74, 6) is 0.259. The van der Waals surface area contributed by atoms with E-state index in [0.29, 0.717) is 17.1 Å². The fourth-order valence-electron chi connectivity index (χ4n) is 2.19. The maximum atomic E-state index is 12.5. The van der Waals surface area contributed by atoms with E-state index in [-0.39, 0.29) is 16.7 Å². The van der Waals surface area contributed by atoms with Gasteiger partial charge in [-0.1, -0.05) is 0 Å². The van der Waals surface area contributed by atoms with Gasteiger partial charge in [0.2, 0.25) is 5.95 Å². The van der Waals surface area contributed by atoms with Crippen molar-refractivity contribution in [3.05, 3.63) is 58.4 Å². The first-order valence-corrected chi connectivity index (χ1v) is 8.94. The maximum absolute atomic E-state index is 12.5. The summed E-state index contributed by atoms with van der Waals surface area (Å²) in [6.45, 7) is 3.51. The molecule has 3 N–H and O–H groups in total. The molecule has 0 aliphatic heterocycles. The van der Waals surface area contributed by atoms with Crippen molar-refractivity contribution in [3.63, 3.8) is 0 Å². The number of sulfonamides is 1. The Bertz CT molecular complexity index is 1070.